The Hall–Kier alpha value is -4.08. The molecule has 0 aliphatic heterocycles. The minimum atomic E-state index is -0.796. The van der Waals surface area contributed by atoms with Crippen LogP contribution < -0.4 is 5.32 Å². The number of carbonyl (C=O) groups excluding carboxylic acids is 2. The number of carbonyl (C=O) groups is 2. The second-order valence-corrected chi connectivity index (χ2v) is 6.14. The van der Waals surface area contributed by atoms with E-state index in [-0.39, 0.29) is 17.1 Å². The van der Waals surface area contributed by atoms with Gasteiger partial charge in [-0.25, -0.2) is 4.79 Å². The largest absolute Gasteiger partial charge is 0.451 e. The van der Waals surface area contributed by atoms with E-state index in [9.17, 15) is 19.7 Å². The molecule has 0 aliphatic rings. The van der Waals surface area contributed by atoms with Crippen LogP contribution >= 0.6 is 0 Å². The number of rotatable bonds is 6. The summed E-state index contributed by atoms with van der Waals surface area (Å²) in [7, 11) is 0. The molecule has 2 aromatic carbocycles. The molecule has 0 saturated carbocycles. The first-order chi connectivity index (χ1) is 13.8. The van der Waals surface area contributed by atoms with Gasteiger partial charge in [-0.3, -0.25) is 14.9 Å². The number of aryl methyl sites for hydroxylation is 2. The Morgan fingerprint density at radius 1 is 1.14 bits per heavy atom. The lowest BCUT2D eigenvalue weighted by molar-refractivity contribution is -0.384. The summed E-state index contributed by atoms with van der Waals surface area (Å²) in [5.41, 5.74) is 1.77. The highest BCUT2D eigenvalue weighted by atomic mass is 16.6. The average molecular weight is 395 g/mol. The summed E-state index contributed by atoms with van der Waals surface area (Å²) in [4.78, 5) is 36.0. The maximum Gasteiger partial charge on any atom is 0.361 e. The molecular formula is C19H17N5O5. The van der Waals surface area contributed by atoms with Crippen LogP contribution in [0.1, 0.15) is 21.7 Å². The van der Waals surface area contributed by atoms with Crippen molar-refractivity contribution in [3.63, 3.8) is 0 Å². The normalized spacial score (nSPS) is 10.4. The van der Waals surface area contributed by atoms with Gasteiger partial charge in [0.15, 0.2) is 12.3 Å². The van der Waals surface area contributed by atoms with E-state index >= 15 is 0 Å². The van der Waals surface area contributed by atoms with Crippen LogP contribution in [0.4, 0.5) is 11.4 Å². The smallest absolute Gasteiger partial charge is 0.361 e. The first-order valence-electron chi connectivity index (χ1n) is 8.56. The molecule has 0 fully saturated rings. The van der Waals surface area contributed by atoms with Gasteiger partial charge in [0, 0.05) is 12.1 Å². The topological polar surface area (TPSA) is 129 Å². The molecule has 10 nitrogen and oxygen atoms in total. The summed E-state index contributed by atoms with van der Waals surface area (Å²) in [6, 6.07) is 13.1. The molecule has 1 aromatic heterocycles. The monoisotopic (exact) mass is 395 g/mol. The number of esters is 1. The molecule has 1 heterocycles. The Kier molecular flexibility index (Phi) is 5.63. The predicted molar refractivity (Wildman–Crippen MR) is 103 cm³/mol. The number of nitrogens with one attached hydrogen (secondary N) is 1. The summed E-state index contributed by atoms with van der Waals surface area (Å²) in [5, 5.41) is 21.6. The summed E-state index contributed by atoms with van der Waals surface area (Å²) < 4.78 is 5.01. The summed E-state index contributed by atoms with van der Waals surface area (Å²) in [5.74, 6) is -1.43. The number of non-ortho nitro benzene ring substituents is 1. The maximum atomic E-state index is 12.3. The van der Waals surface area contributed by atoms with E-state index in [1.165, 1.54) is 23.0 Å². The van der Waals surface area contributed by atoms with Crippen LogP contribution in [0.2, 0.25) is 0 Å². The Morgan fingerprint density at radius 2 is 1.86 bits per heavy atom. The SMILES string of the molecule is Cc1ccc([N+](=O)[O-])cc1NC(=O)COC(=O)c1nn(-c2ccccc2)nc1C. The van der Waals surface area contributed by atoms with Gasteiger partial charge in [0.2, 0.25) is 0 Å². The van der Waals surface area contributed by atoms with E-state index < -0.39 is 23.4 Å². The van der Waals surface area contributed by atoms with Gasteiger partial charge in [0.05, 0.1) is 22.0 Å². The zero-order chi connectivity index (χ0) is 21.0. The minimum absolute atomic E-state index is 0.00631. The van der Waals surface area contributed by atoms with E-state index in [1.54, 1.807) is 26.0 Å². The number of hydrogen-bond donors (Lipinski definition) is 1. The average Bonchev–Trinajstić information content (AvgIpc) is 3.10. The maximum absolute atomic E-state index is 12.3. The Bertz CT molecular complexity index is 1080. The van der Waals surface area contributed by atoms with Crippen LogP contribution in [-0.4, -0.2) is 38.4 Å². The van der Waals surface area contributed by atoms with Gasteiger partial charge in [-0.05, 0) is 31.5 Å². The second kappa shape index (κ2) is 8.30. The molecule has 0 bridgehead atoms. The van der Waals surface area contributed by atoms with Gasteiger partial charge in [-0.1, -0.05) is 24.3 Å². The van der Waals surface area contributed by atoms with E-state index in [0.29, 0.717) is 16.9 Å². The summed E-state index contributed by atoms with van der Waals surface area (Å²) >= 11 is 0. The first kappa shape index (κ1) is 19.7. The quantitative estimate of drug-likeness (QED) is 0.386. The molecule has 3 rings (SSSR count). The van der Waals surface area contributed by atoms with Crippen molar-refractivity contribution in [2.75, 3.05) is 11.9 Å². The van der Waals surface area contributed by atoms with Gasteiger partial charge in [-0.2, -0.15) is 9.90 Å². The number of nitro benzene ring substituents is 1. The number of nitro groups is 1. The van der Waals surface area contributed by atoms with Gasteiger partial charge < -0.3 is 10.1 Å². The highest BCUT2D eigenvalue weighted by Crippen LogP contribution is 2.21. The molecule has 1 amide bonds. The van der Waals surface area contributed by atoms with Crippen molar-refractivity contribution in [1.82, 2.24) is 15.0 Å². The van der Waals surface area contributed by atoms with Crippen molar-refractivity contribution in [2.45, 2.75) is 13.8 Å². The van der Waals surface area contributed by atoms with E-state index in [4.69, 9.17) is 4.74 Å². The Morgan fingerprint density at radius 3 is 2.55 bits per heavy atom. The molecule has 29 heavy (non-hydrogen) atoms. The lowest BCUT2D eigenvalue weighted by atomic mass is 10.2. The number of amides is 1. The van der Waals surface area contributed by atoms with Crippen molar-refractivity contribution in [2.24, 2.45) is 0 Å². The molecule has 0 radical (unpaired) electrons. The van der Waals surface area contributed by atoms with Crippen molar-refractivity contribution >= 4 is 23.3 Å². The molecular weight excluding hydrogens is 378 g/mol. The lowest BCUT2D eigenvalue weighted by Crippen LogP contribution is -2.22. The van der Waals surface area contributed by atoms with Crippen LogP contribution in [0, 0.1) is 24.0 Å². The zero-order valence-corrected chi connectivity index (χ0v) is 15.7. The third kappa shape index (κ3) is 4.61. The van der Waals surface area contributed by atoms with Crippen molar-refractivity contribution in [1.29, 1.82) is 0 Å². The lowest BCUT2D eigenvalue weighted by Gasteiger charge is -2.08. The Balaban J connectivity index is 1.64. The molecule has 0 saturated heterocycles. The van der Waals surface area contributed by atoms with Crippen molar-refractivity contribution < 1.29 is 19.2 Å². The molecule has 0 unspecified atom stereocenters. The van der Waals surface area contributed by atoms with E-state index in [0.717, 1.165) is 0 Å². The second-order valence-electron chi connectivity index (χ2n) is 6.14. The van der Waals surface area contributed by atoms with E-state index in [2.05, 4.69) is 15.5 Å². The Labute approximate surface area is 165 Å². The van der Waals surface area contributed by atoms with Crippen LogP contribution in [0.25, 0.3) is 5.69 Å². The van der Waals surface area contributed by atoms with Gasteiger partial charge in [-0.15, -0.1) is 5.10 Å². The molecule has 148 valence electrons. The highest BCUT2D eigenvalue weighted by Gasteiger charge is 2.19. The predicted octanol–water partition coefficient (Wildman–Crippen LogP) is 2.59. The van der Waals surface area contributed by atoms with Crippen LogP contribution in [0.3, 0.4) is 0 Å². The number of hydrogen-bond acceptors (Lipinski definition) is 7. The number of anilines is 1. The van der Waals surface area contributed by atoms with Crippen LogP contribution in [-0.2, 0) is 9.53 Å². The van der Waals surface area contributed by atoms with Gasteiger partial charge in [0.25, 0.3) is 11.6 Å². The van der Waals surface area contributed by atoms with Gasteiger partial charge >= 0.3 is 5.97 Å². The third-order valence-electron chi connectivity index (χ3n) is 4.00. The molecule has 0 spiro atoms. The summed E-state index contributed by atoms with van der Waals surface area (Å²) in [6.07, 6.45) is 0. The number of para-hydroxylation sites is 1. The highest BCUT2D eigenvalue weighted by molar-refractivity contribution is 5.95. The van der Waals surface area contributed by atoms with Crippen molar-refractivity contribution in [3.05, 3.63) is 75.6 Å². The molecule has 0 atom stereocenters. The zero-order valence-electron chi connectivity index (χ0n) is 15.7. The number of ether oxygens (including phenoxy) is 1. The fourth-order valence-electron chi connectivity index (χ4n) is 2.49. The number of benzene rings is 2. The minimum Gasteiger partial charge on any atom is -0.451 e. The number of aromatic nitrogens is 3. The fraction of sp³-hybridized carbons (Fsp3) is 0.158. The molecule has 1 N–H and O–H groups in total. The third-order valence-corrected chi connectivity index (χ3v) is 4.00. The van der Waals surface area contributed by atoms with Gasteiger partial charge in [0.1, 0.15) is 0 Å². The number of nitrogens with zero attached hydrogens (tertiary/aromatic N) is 4. The van der Waals surface area contributed by atoms with Crippen LogP contribution in [0.5, 0.6) is 0 Å². The molecule has 0 aliphatic carbocycles. The summed E-state index contributed by atoms with van der Waals surface area (Å²) in [6.45, 7) is 2.73. The first-order valence-corrected chi connectivity index (χ1v) is 8.56. The van der Waals surface area contributed by atoms with Crippen LogP contribution in [0.15, 0.2) is 48.5 Å². The molecule has 10 heteroatoms. The van der Waals surface area contributed by atoms with Crippen molar-refractivity contribution in [3.8, 4) is 5.69 Å². The van der Waals surface area contributed by atoms with E-state index in [1.807, 2.05) is 18.2 Å². The fourth-order valence-corrected chi connectivity index (χ4v) is 2.49. The molecule has 3 aromatic rings. The standard InChI is InChI=1S/C19H17N5O5/c1-12-8-9-15(24(27)28)10-16(12)20-17(25)11-29-19(26)18-13(2)21-23(22-18)14-6-4-3-5-7-14/h3-10H,11H2,1-2H3,(H,20,25).